The number of aliphatic hydroxyl groups excluding tert-OH is 2. The summed E-state index contributed by atoms with van der Waals surface area (Å²) in [5, 5.41) is 34.1. The molecular weight excluding hydrogens is 734 g/mol. The number of Topliss-reactive ketones (excluding diaryl/α,β-unsaturated/α-hetero) is 2. The molecule has 0 aromatic heterocycles. The van der Waals surface area contributed by atoms with E-state index in [9.17, 15) is 34.5 Å². The predicted molar refractivity (Wildman–Crippen MR) is 213 cm³/mol. The number of methoxy groups -OCH3 is 3. The highest BCUT2D eigenvalue weighted by atomic mass is 16.7. The van der Waals surface area contributed by atoms with E-state index in [1.54, 1.807) is 27.0 Å². The lowest BCUT2D eigenvalue weighted by Gasteiger charge is -2.47. The molecule has 3 N–H and O–H groups in total. The van der Waals surface area contributed by atoms with Crippen molar-refractivity contribution >= 4 is 23.4 Å². The monoisotopic (exact) mass is 803 g/mol. The third-order valence-corrected chi connectivity index (χ3v) is 12.9. The van der Waals surface area contributed by atoms with E-state index in [-0.39, 0.29) is 49.5 Å². The number of amides is 1. The first-order valence-electron chi connectivity index (χ1n) is 20.9. The standard InChI is InChI=1S/C44H69NO12/c1-10-13-31-19-25(2)18-26(3)20-37(54-8)40-38(55-9)22-28(5)44(52,57-40)41(49)42(50)45-17-12-11-14-32(45)43(51)56-39(29(6)34(47)24-35(31)48)27(4)21-30-15-16-33(46)36(23-30)53-7/h10,19,21,26,28-34,36-40,46-47,52H,1,11-18,20,22-24H2,2-9H3/b25-19+,27-21+/t26?,28?,29?,30?,31-,32-,33?,34?,36?,37?,38?,39?,40?,44?/m0/s1. The molecule has 4 rings (SSSR count). The molecular formula is C44H69NO12. The third-order valence-electron chi connectivity index (χ3n) is 12.9. The van der Waals surface area contributed by atoms with E-state index >= 15 is 0 Å². The zero-order valence-electron chi connectivity index (χ0n) is 35.4. The summed E-state index contributed by atoms with van der Waals surface area (Å²) >= 11 is 0. The van der Waals surface area contributed by atoms with Crippen LogP contribution in [0.1, 0.15) is 105 Å². The molecule has 4 aliphatic rings. The number of hydrogen-bond acceptors (Lipinski definition) is 12. The lowest BCUT2D eigenvalue weighted by atomic mass is 9.81. The molecule has 2 bridgehead atoms. The van der Waals surface area contributed by atoms with Gasteiger partial charge in [-0.15, -0.1) is 6.58 Å². The largest absolute Gasteiger partial charge is 0.456 e. The van der Waals surface area contributed by atoms with Crippen molar-refractivity contribution in [2.45, 2.75) is 160 Å². The summed E-state index contributed by atoms with van der Waals surface area (Å²) in [4.78, 5) is 57.8. The highest BCUT2D eigenvalue weighted by molar-refractivity contribution is 6.39. The molecule has 322 valence electrons. The Morgan fingerprint density at radius 3 is 2.25 bits per heavy atom. The summed E-state index contributed by atoms with van der Waals surface area (Å²) in [6, 6.07) is -1.14. The number of ether oxygens (including phenoxy) is 5. The van der Waals surface area contributed by atoms with Gasteiger partial charge in [-0.05, 0) is 95.5 Å². The molecule has 0 spiro atoms. The van der Waals surface area contributed by atoms with E-state index in [2.05, 4.69) is 6.58 Å². The Hall–Kier alpha value is -2.78. The van der Waals surface area contributed by atoms with Crippen molar-refractivity contribution in [2.75, 3.05) is 27.9 Å². The van der Waals surface area contributed by atoms with Crippen molar-refractivity contribution in [1.82, 2.24) is 4.90 Å². The van der Waals surface area contributed by atoms with Crippen molar-refractivity contribution in [2.24, 2.45) is 29.6 Å². The van der Waals surface area contributed by atoms with Crippen molar-refractivity contribution in [3.63, 3.8) is 0 Å². The van der Waals surface area contributed by atoms with Crippen LogP contribution in [-0.2, 0) is 42.9 Å². The van der Waals surface area contributed by atoms with Crippen LogP contribution in [0.5, 0.6) is 0 Å². The van der Waals surface area contributed by atoms with Gasteiger partial charge in [0.25, 0.3) is 11.7 Å². The molecule has 1 amide bonds. The van der Waals surface area contributed by atoms with Gasteiger partial charge in [0.2, 0.25) is 5.79 Å². The number of rotatable bonds is 7. The SMILES string of the molecule is C=CC[C@H]1/C=C(\C)CC(C)CC(OC)C2OC(O)(C(=O)C(=O)N3CCCC[C@H]3C(=O)OC(/C(C)=C/C3CCC(O)C(OC)C3)C(C)C(O)CC1=O)C(C)CC2OC. The van der Waals surface area contributed by atoms with Crippen LogP contribution in [0, 0.1) is 29.6 Å². The Labute approximate surface area is 339 Å². The maximum absolute atomic E-state index is 14.3. The molecule has 1 saturated carbocycles. The second-order valence-electron chi connectivity index (χ2n) is 17.3. The molecule has 0 radical (unpaired) electrons. The number of cyclic esters (lactones) is 1. The van der Waals surface area contributed by atoms with Gasteiger partial charge in [0.05, 0.1) is 30.5 Å². The van der Waals surface area contributed by atoms with E-state index in [0.29, 0.717) is 56.9 Å². The van der Waals surface area contributed by atoms with E-state index < -0.39 is 83.9 Å². The molecule has 57 heavy (non-hydrogen) atoms. The second-order valence-corrected chi connectivity index (χ2v) is 17.3. The summed E-state index contributed by atoms with van der Waals surface area (Å²) < 4.78 is 29.7. The van der Waals surface area contributed by atoms with Crippen LogP contribution in [-0.4, -0.2) is 126 Å². The number of fused-ring (bicyclic) bond motifs is 3. The summed E-state index contributed by atoms with van der Waals surface area (Å²) in [6.07, 6.45) is 4.93. The van der Waals surface area contributed by atoms with Gasteiger partial charge in [-0.3, -0.25) is 14.4 Å². The average Bonchev–Trinajstić information content (AvgIpc) is 3.18. The van der Waals surface area contributed by atoms with Gasteiger partial charge in [0, 0.05) is 52.0 Å². The Kier molecular flexibility index (Phi) is 17.2. The molecule has 2 saturated heterocycles. The number of piperidine rings is 1. The smallest absolute Gasteiger partial charge is 0.329 e. The fourth-order valence-corrected chi connectivity index (χ4v) is 9.42. The average molecular weight is 804 g/mol. The van der Waals surface area contributed by atoms with Crippen LogP contribution >= 0.6 is 0 Å². The molecule has 13 heteroatoms. The maximum atomic E-state index is 14.3. The molecule has 1 aliphatic carbocycles. The van der Waals surface area contributed by atoms with Crippen molar-refractivity contribution in [3.8, 4) is 0 Å². The minimum Gasteiger partial charge on any atom is -0.456 e. The molecule has 13 nitrogen and oxygen atoms in total. The summed E-state index contributed by atoms with van der Waals surface area (Å²) in [7, 11) is 4.61. The summed E-state index contributed by atoms with van der Waals surface area (Å²) in [5.74, 6) is -7.76. The number of ketones is 2. The maximum Gasteiger partial charge on any atom is 0.329 e. The second kappa shape index (κ2) is 21.0. The Morgan fingerprint density at radius 1 is 0.930 bits per heavy atom. The number of allylic oxidation sites excluding steroid dienone is 4. The first kappa shape index (κ1) is 46.9. The van der Waals surface area contributed by atoms with Gasteiger partial charge < -0.3 is 43.9 Å². The lowest BCUT2D eigenvalue weighted by Crippen LogP contribution is -2.64. The molecule has 3 fully saturated rings. The Bertz CT molecular complexity index is 1480. The number of esters is 1. The minimum atomic E-state index is -2.51. The van der Waals surface area contributed by atoms with Crippen LogP contribution in [0.4, 0.5) is 0 Å². The van der Waals surface area contributed by atoms with Crippen LogP contribution in [0.3, 0.4) is 0 Å². The van der Waals surface area contributed by atoms with Gasteiger partial charge in [-0.2, -0.15) is 0 Å². The number of carbonyl (C=O) groups is 4. The summed E-state index contributed by atoms with van der Waals surface area (Å²) in [6.45, 7) is 13.1. The molecule has 14 atom stereocenters. The number of carbonyl (C=O) groups excluding carboxylic acids is 4. The first-order chi connectivity index (χ1) is 27.0. The normalized spacial score (nSPS) is 41.0. The molecule has 3 heterocycles. The topological polar surface area (TPSA) is 178 Å². The summed E-state index contributed by atoms with van der Waals surface area (Å²) in [5.41, 5.74) is 1.61. The third kappa shape index (κ3) is 11.3. The highest BCUT2D eigenvalue weighted by Gasteiger charge is 2.56. The van der Waals surface area contributed by atoms with Crippen molar-refractivity contribution in [3.05, 3.63) is 36.0 Å². The van der Waals surface area contributed by atoms with Crippen LogP contribution < -0.4 is 0 Å². The van der Waals surface area contributed by atoms with Crippen LogP contribution in [0.15, 0.2) is 36.0 Å². The fourth-order valence-electron chi connectivity index (χ4n) is 9.42. The zero-order chi connectivity index (χ0) is 42.2. The quantitative estimate of drug-likeness (QED) is 0.185. The van der Waals surface area contributed by atoms with E-state index in [1.165, 1.54) is 19.1 Å². The zero-order valence-corrected chi connectivity index (χ0v) is 35.4. The van der Waals surface area contributed by atoms with E-state index in [4.69, 9.17) is 23.7 Å². The van der Waals surface area contributed by atoms with Gasteiger partial charge in [-0.25, -0.2) is 4.79 Å². The van der Waals surface area contributed by atoms with E-state index in [1.807, 2.05) is 32.9 Å². The van der Waals surface area contributed by atoms with Crippen LogP contribution in [0.2, 0.25) is 0 Å². The van der Waals surface area contributed by atoms with Gasteiger partial charge in [0.1, 0.15) is 24.0 Å². The lowest BCUT2D eigenvalue weighted by molar-refractivity contribution is -0.302. The van der Waals surface area contributed by atoms with Crippen LogP contribution in [0.25, 0.3) is 0 Å². The fraction of sp³-hybridized carbons (Fsp3) is 0.773. The Morgan fingerprint density at radius 2 is 1.60 bits per heavy atom. The number of hydrogen-bond donors (Lipinski definition) is 3. The Balaban J connectivity index is 1.78. The first-order valence-corrected chi connectivity index (χ1v) is 20.9. The van der Waals surface area contributed by atoms with Gasteiger partial charge in [0.15, 0.2) is 0 Å². The van der Waals surface area contributed by atoms with Gasteiger partial charge >= 0.3 is 5.97 Å². The molecule has 0 aromatic rings. The van der Waals surface area contributed by atoms with E-state index in [0.717, 1.165) is 5.57 Å². The molecule has 0 aromatic carbocycles. The van der Waals surface area contributed by atoms with Gasteiger partial charge in [-0.1, -0.05) is 44.6 Å². The van der Waals surface area contributed by atoms with Crippen molar-refractivity contribution in [1.29, 1.82) is 0 Å². The molecule has 12 unspecified atom stereocenters. The number of nitrogens with zero attached hydrogens (tertiary/aromatic N) is 1. The van der Waals surface area contributed by atoms with Crippen molar-refractivity contribution < 1.29 is 58.2 Å². The minimum absolute atomic E-state index is 0.00988. The highest BCUT2D eigenvalue weighted by Crippen LogP contribution is 2.39. The predicted octanol–water partition coefficient (Wildman–Crippen LogP) is 4.64. The number of aliphatic hydroxyl groups is 3. The molecule has 3 aliphatic heterocycles.